The SMILES string of the molecule is CCCCOc1ccc(C2C(C(=O)c3cccs3)=C(O)C(=O)N2c2nnc(SCc3ccccc3Cl)s2)cc1. The molecule has 5 rings (SSSR count). The van der Waals surface area contributed by atoms with Crippen molar-refractivity contribution in [1.29, 1.82) is 0 Å². The number of thiophene rings is 1. The number of hydrogen-bond donors (Lipinski definition) is 1. The van der Waals surface area contributed by atoms with Crippen LogP contribution in [0.3, 0.4) is 0 Å². The molecule has 0 saturated carbocycles. The fourth-order valence-electron chi connectivity index (χ4n) is 4.08. The van der Waals surface area contributed by atoms with Crippen LogP contribution < -0.4 is 9.64 Å². The molecular formula is C28H24ClN3O4S3. The van der Waals surface area contributed by atoms with Crippen LogP contribution in [0, 0.1) is 0 Å². The highest BCUT2D eigenvalue weighted by molar-refractivity contribution is 8.00. The van der Waals surface area contributed by atoms with Crippen molar-refractivity contribution in [3.8, 4) is 5.75 Å². The number of benzene rings is 2. The van der Waals surface area contributed by atoms with E-state index in [0.29, 0.717) is 37.9 Å². The molecule has 1 N–H and O–H groups in total. The second kappa shape index (κ2) is 12.3. The third kappa shape index (κ3) is 5.89. The van der Waals surface area contributed by atoms with Gasteiger partial charge in [0.2, 0.25) is 10.9 Å². The second-order valence-electron chi connectivity index (χ2n) is 8.65. The summed E-state index contributed by atoms with van der Waals surface area (Å²) < 4.78 is 6.42. The summed E-state index contributed by atoms with van der Waals surface area (Å²) in [5.41, 5.74) is 1.62. The van der Waals surface area contributed by atoms with Gasteiger partial charge >= 0.3 is 0 Å². The van der Waals surface area contributed by atoms with Crippen LogP contribution >= 0.6 is 46.0 Å². The van der Waals surface area contributed by atoms with E-state index < -0.39 is 23.5 Å². The number of Topliss-reactive ketones (excluding diaryl/α,β-unsaturated/α-hetero) is 1. The molecule has 200 valence electrons. The van der Waals surface area contributed by atoms with Crippen LogP contribution in [-0.2, 0) is 10.5 Å². The zero-order valence-electron chi connectivity index (χ0n) is 20.9. The van der Waals surface area contributed by atoms with Gasteiger partial charge in [0.05, 0.1) is 23.1 Å². The maximum atomic E-state index is 13.5. The third-order valence-corrected chi connectivity index (χ3v) is 9.41. The number of carbonyl (C=O) groups excluding carboxylic acids is 2. The number of unbranched alkanes of at least 4 members (excludes halogenated alkanes) is 1. The highest BCUT2D eigenvalue weighted by atomic mass is 35.5. The number of amides is 1. The Labute approximate surface area is 243 Å². The molecule has 1 atom stereocenters. The third-order valence-electron chi connectivity index (χ3n) is 6.07. The lowest BCUT2D eigenvalue weighted by atomic mass is 9.95. The molecule has 3 heterocycles. The number of rotatable bonds is 11. The van der Waals surface area contributed by atoms with E-state index in [1.807, 2.05) is 24.3 Å². The normalized spacial score (nSPS) is 15.3. The number of anilines is 1. The summed E-state index contributed by atoms with van der Waals surface area (Å²) in [7, 11) is 0. The Kier molecular flexibility index (Phi) is 8.66. The molecule has 4 aromatic rings. The first-order valence-corrected chi connectivity index (χ1v) is 15.3. The number of nitrogens with zero attached hydrogens (tertiary/aromatic N) is 3. The van der Waals surface area contributed by atoms with Crippen molar-refractivity contribution < 1.29 is 19.4 Å². The van der Waals surface area contributed by atoms with Gasteiger partial charge in [0.1, 0.15) is 5.75 Å². The molecule has 1 amide bonds. The topological polar surface area (TPSA) is 92.6 Å². The van der Waals surface area contributed by atoms with E-state index in [4.69, 9.17) is 16.3 Å². The van der Waals surface area contributed by atoms with E-state index >= 15 is 0 Å². The van der Waals surface area contributed by atoms with Crippen LogP contribution in [0.15, 0.2) is 81.7 Å². The Morgan fingerprint density at radius 2 is 1.92 bits per heavy atom. The number of ether oxygens (including phenoxy) is 1. The van der Waals surface area contributed by atoms with Gasteiger partial charge in [-0.15, -0.1) is 21.5 Å². The Morgan fingerprint density at radius 3 is 2.64 bits per heavy atom. The molecule has 2 aromatic carbocycles. The number of thioether (sulfide) groups is 1. The molecule has 0 spiro atoms. The monoisotopic (exact) mass is 597 g/mol. The lowest BCUT2D eigenvalue weighted by Crippen LogP contribution is -2.31. The van der Waals surface area contributed by atoms with E-state index in [1.54, 1.807) is 41.8 Å². The van der Waals surface area contributed by atoms with Gasteiger partial charge in [-0.2, -0.15) is 0 Å². The van der Waals surface area contributed by atoms with Crippen LogP contribution in [0.5, 0.6) is 5.75 Å². The summed E-state index contributed by atoms with van der Waals surface area (Å²) in [6.45, 7) is 2.70. The molecule has 1 aliphatic rings. The summed E-state index contributed by atoms with van der Waals surface area (Å²) in [6.07, 6.45) is 1.96. The first kappa shape index (κ1) is 27.4. The zero-order valence-corrected chi connectivity index (χ0v) is 24.1. The van der Waals surface area contributed by atoms with Crippen molar-refractivity contribution in [1.82, 2.24) is 10.2 Å². The van der Waals surface area contributed by atoms with Gasteiger partial charge in [0.15, 0.2) is 10.1 Å². The predicted molar refractivity (Wildman–Crippen MR) is 156 cm³/mol. The summed E-state index contributed by atoms with van der Waals surface area (Å²) in [5, 5.41) is 22.2. The van der Waals surface area contributed by atoms with Crippen molar-refractivity contribution in [2.75, 3.05) is 11.5 Å². The highest BCUT2D eigenvalue weighted by Gasteiger charge is 2.46. The first-order valence-electron chi connectivity index (χ1n) is 12.2. The molecule has 1 unspecified atom stereocenters. The van der Waals surface area contributed by atoms with Gasteiger partial charge in [-0.1, -0.05) is 84.4 Å². The van der Waals surface area contributed by atoms with Gasteiger partial charge < -0.3 is 9.84 Å². The summed E-state index contributed by atoms with van der Waals surface area (Å²) in [4.78, 5) is 28.7. The van der Waals surface area contributed by atoms with Crippen molar-refractivity contribution in [3.63, 3.8) is 0 Å². The largest absolute Gasteiger partial charge is 0.503 e. The zero-order chi connectivity index (χ0) is 27.4. The number of carbonyl (C=O) groups is 2. The molecular weight excluding hydrogens is 574 g/mol. The van der Waals surface area contributed by atoms with Crippen LogP contribution in [-0.4, -0.2) is 33.6 Å². The Balaban J connectivity index is 1.46. The minimum atomic E-state index is -0.869. The highest BCUT2D eigenvalue weighted by Crippen LogP contribution is 2.44. The van der Waals surface area contributed by atoms with Crippen LogP contribution in [0.2, 0.25) is 5.02 Å². The lowest BCUT2D eigenvalue weighted by Gasteiger charge is -2.24. The number of aliphatic hydroxyl groups is 1. The Bertz CT molecular complexity index is 1500. The molecule has 1 aliphatic heterocycles. The number of halogens is 1. The minimum Gasteiger partial charge on any atom is -0.503 e. The molecule has 0 bridgehead atoms. The van der Waals surface area contributed by atoms with E-state index in [2.05, 4.69) is 17.1 Å². The van der Waals surface area contributed by atoms with Gasteiger partial charge in [0, 0.05) is 10.8 Å². The van der Waals surface area contributed by atoms with Crippen molar-refractivity contribution >= 4 is 62.9 Å². The van der Waals surface area contributed by atoms with Crippen molar-refractivity contribution in [2.45, 2.75) is 35.9 Å². The fraction of sp³-hybridized carbons (Fsp3) is 0.214. The van der Waals surface area contributed by atoms with E-state index in [-0.39, 0.29) is 10.7 Å². The predicted octanol–water partition coefficient (Wildman–Crippen LogP) is 7.51. The average molecular weight is 598 g/mol. The Morgan fingerprint density at radius 1 is 1.13 bits per heavy atom. The molecule has 11 heteroatoms. The molecule has 0 aliphatic carbocycles. The number of hydrogen-bond acceptors (Lipinski definition) is 9. The van der Waals surface area contributed by atoms with Gasteiger partial charge in [-0.05, 0) is 47.2 Å². The van der Waals surface area contributed by atoms with Crippen molar-refractivity contribution in [2.24, 2.45) is 0 Å². The number of ketones is 1. The molecule has 2 aromatic heterocycles. The van der Waals surface area contributed by atoms with Gasteiger partial charge in [-0.3, -0.25) is 14.5 Å². The maximum Gasteiger partial charge on any atom is 0.296 e. The standard InChI is InChI=1S/C28H24ClN3O4S3/c1-2-3-14-36-19-12-10-17(11-13-19)23-22(24(33)21-9-6-15-37-21)25(34)26(35)32(23)27-30-31-28(39-27)38-16-18-7-4-5-8-20(18)29/h4-13,15,23,34H,2-3,14,16H2,1H3. The van der Waals surface area contributed by atoms with Crippen LogP contribution in [0.25, 0.3) is 0 Å². The molecule has 0 fully saturated rings. The quantitative estimate of drug-likeness (QED) is 0.0827. The summed E-state index contributed by atoms with van der Waals surface area (Å²) >= 11 is 10.2. The minimum absolute atomic E-state index is 0.0163. The van der Waals surface area contributed by atoms with Crippen LogP contribution in [0.1, 0.15) is 46.6 Å². The molecule has 7 nitrogen and oxygen atoms in total. The number of aromatic nitrogens is 2. The molecule has 39 heavy (non-hydrogen) atoms. The smallest absolute Gasteiger partial charge is 0.296 e. The lowest BCUT2D eigenvalue weighted by molar-refractivity contribution is -0.117. The fourth-order valence-corrected chi connectivity index (χ4v) is 6.92. The first-order chi connectivity index (χ1) is 19.0. The van der Waals surface area contributed by atoms with Crippen molar-refractivity contribution in [3.05, 3.63) is 98.4 Å². The average Bonchev–Trinajstić information content (AvgIpc) is 3.70. The van der Waals surface area contributed by atoms with Gasteiger partial charge in [-0.25, -0.2) is 0 Å². The van der Waals surface area contributed by atoms with Gasteiger partial charge in [0.25, 0.3) is 5.91 Å². The second-order valence-corrected chi connectivity index (χ2v) is 12.2. The summed E-state index contributed by atoms with van der Waals surface area (Å²) in [6, 6.07) is 17.4. The van der Waals surface area contributed by atoms with Crippen LogP contribution in [0.4, 0.5) is 5.13 Å². The molecule has 0 radical (unpaired) electrons. The Hall–Kier alpha value is -3.18. The van der Waals surface area contributed by atoms with E-state index in [9.17, 15) is 14.7 Å². The summed E-state index contributed by atoms with van der Waals surface area (Å²) in [5.74, 6) is -0.401. The maximum absolute atomic E-state index is 13.5. The van der Waals surface area contributed by atoms with E-state index in [0.717, 1.165) is 18.4 Å². The van der Waals surface area contributed by atoms with E-state index in [1.165, 1.54) is 39.3 Å². The molecule has 0 saturated heterocycles. The number of aliphatic hydroxyl groups excluding tert-OH is 1.